The number of rotatable bonds is 6. The molecule has 1 aliphatic rings. The van der Waals surface area contributed by atoms with Crippen molar-refractivity contribution in [2.75, 3.05) is 21.3 Å². The van der Waals surface area contributed by atoms with Crippen molar-refractivity contribution in [1.82, 2.24) is 5.32 Å². The average molecular weight is 345 g/mol. The Hall–Kier alpha value is -1.66. The molecule has 1 fully saturated rings. The minimum Gasteiger partial charge on any atom is -0.493 e. The van der Waals surface area contributed by atoms with Crippen LogP contribution in [0.25, 0.3) is 0 Å². The lowest BCUT2D eigenvalue weighted by Gasteiger charge is -2.17. The molecule has 2 atom stereocenters. The quantitative estimate of drug-likeness (QED) is 0.823. The molecular formula is C16H25ClN2O4. The maximum atomic E-state index is 12.2. The van der Waals surface area contributed by atoms with Gasteiger partial charge in [-0.15, -0.1) is 12.4 Å². The highest BCUT2D eigenvalue weighted by atomic mass is 35.5. The van der Waals surface area contributed by atoms with Crippen LogP contribution in [0.2, 0.25) is 0 Å². The second-order valence-corrected chi connectivity index (χ2v) is 5.48. The van der Waals surface area contributed by atoms with Gasteiger partial charge in [0, 0.05) is 24.1 Å². The van der Waals surface area contributed by atoms with Crippen LogP contribution in [-0.4, -0.2) is 33.3 Å². The van der Waals surface area contributed by atoms with Gasteiger partial charge in [0.05, 0.1) is 21.3 Å². The predicted molar refractivity (Wildman–Crippen MR) is 90.5 cm³/mol. The van der Waals surface area contributed by atoms with Crippen molar-refractivity contribution in [2.24, 2.45) is 11.7 Å². The third-order valence-corrected chi connectivity index (χ3v) is 4.08. The topological polar surface area (TPSA) is 82.8 Å². The molecule has 0 aliphatic heterocycles. The standard InChI is InChI=1S/C16H24N2O4.ClH/c1-20-13-7-5-11(14(21-2)15(13)22-3)9-18-16(19)10-4-6-12(17)8-10;/h5,7,10,12H,4,6,8-9,17H2,1-3H3,(H,18,19);1H. The van der Waals surface area contributed by atoms with Crippen molar-refractivity contribution >= 4 is 18.3 Å². The van der Waals surface area contributed by atoms with Crippen LogP contribution in [0.15, 0.2) is 12.1 Å². The largest absolute Gasteiger partial charge is 0.493 e. The Bertz CT molecular complexity index is 539. The van der Waals surface area contributed by atoms with Gasteiger partial charge in [-0.2, -0.15) is 0 Å². The lowest BCUT2D eigenvalue weighted by atomic mass is 10.1. The molecule has 0 radical (unpaired) electrons. The summed E-state index contributed by atoms with van der Waals surface area (Å²) in [4.78, 5) is 12.2. The summed E-state index contributed by atoms with van der Waals surface area (Å²) in [6.45, 7) is 0.383. The number of methoxy groups -OCH3 is 3. The number of hydrogen-bond donors (Lipinski definition) is 2. The van der Waals surface area contributed by atoms with Crippen molar-refractivity contribution in [2.45, 2.75) is 31.8 Å². The summed E-state index contributed by atoms with van der Waals surface area (Å²) in [6.07, 6.45) is 2.53. The van der Waals surface area contributed by atoms with Crippen LogP contribution in [0.5, 0.6) is 17.2 Å². The Balaban J connectivity index is 0.00000264. The average Bonchev–Trinajstić information content (AvgIpc) is 2.97. The van der Waals surface area contributed by atoms with E-state index in [2.05, 4.69) is 5.32 Å². The first kappa shape index (κ1) is 19.4. The van der Waals surface area contributed by atoms with E-state index in [1.807, 2.05) is 6.07 Å². The van der Waals surface area contributed by atoms with Gasteiger partial charge in [-0.25, -0.2) is 0 Å². The minimum absolute atomic E-state index is 0. The molecule has 1 amide bonds. The smallest absolute Gasteiger partial charge is 0.223 e. The summed E-state index contributed by atoms with van der Waals surface area (Å²) >= 11 is 0. The van der Waals surface area contributed by atoms with Crippen LogP contribution in [0.1, 0.15) is 24.8 Å². The molecule has 1 aromatic carbocycles. The zero-order valence-electron chi connectivity index (χ0n) is 13.8. The number of nitrogens with two attached hydrogens (primary N) is 1. The highest BCUT2D eigenvalue weighted by molar-refractivity contribution is 5.85. The van der Waals surface area contributed by atoms with Crippen molar-refractivity contribution in [3.05, 3.63) is 17.7 Å². The SMILES string of the molecule is COc1ccc(CNC(=O)C2CCC(N)C2)c(OC)c1OC.Cl. The fraction of sp³-hybridized carbons (Fsp3) is 0.562. The number of halogens is 1. The third-order valence-electron chi connectivity index (χ3n) is 4.08. The fourth-order valence-electron chi connectivity index (χ4n) is 2.88. The zero-order valence-corrected chi connectivity index (χ0v) is 14.6. The summed E-state index contributed by atoms with van der Waals surface area (Å²) in [6, 6.07) is 3.81. The monoisotopic (exact) mass is 344 g/mol. The van der Waals surface area contributed by atoms with E-state index in [9.17, 15) is 4.79 Å². The van der Waals surface area contributed by atoms with Gasteiger partial charge in [-0.05, 0) is 31.4 Å². The highest BCUT2D eigenvalue weighted by Gasteiger charge is 2.27. The van der Waals surface area contributed by atoms with Crippen LogP contribution in [0.3, 0.4) is 0 Å². The van der Waals surface area contributed by atoms with Gasteiger partial charge >= 0.3 is 0 Å². The van der Waals surface area contributed by atoms with E-state index in [1.165, 1.54) is 0 Å². The van der Waals surface area contributed by atoms with Crippen molar-refractivity contribution in [1.29, 1.82) is 0 Å². The number of nitrogens with one attached hydrogen (secondary N) is 1. The van der Waals surface area contributed by atoms with Crippen molar-refractivity contribution < 1.29 is 19.0 Å². The Labute approximate surface area is 143 Å². The second-order valence-electron chi connectivity index (χ2n) is 5.48. The van der Waals surface area contributed by atoms with Crippen LogP contribution in [-0.2, 0) is 11.3 Å². The first-order valence-corrected chi connectivity index (χ1v) is 7.41. The van der Waals surface area contributed by atoms with Gasteiger partial charge in [0.1, 0.15) is 0 Å². The first-order chi connectivity index (χ1) is 10.6. The summed E-state index contributed by atoms with van der Waals surface area (Å²) < 4.78 is 16.0. The molecule has 0 bridgehead atoms. The molecular weight excluding hydrogens is 320 g/mol. The molecule has 130 valence electrons. The first-order valence-electron chi connectivity index (χ1n) is 7.41. The molecule has 1 saturated carbocycles. The molecule has 1 aromatic rings. The Kier molecular flexibility index (Phi) is 7.45. The molecule has 1 aliphatic carbocycles. The molecule has 23 heavy (non-hydrogen) atoms. The Morgan fingerprint density at radius 3 is 2.39 bits per heavy atom. The number of benzene rings is 1. The van der Waals surface area contributed by atoms with E-state index in [0.717, 1.165) is 24.8 Å². The van der Waals surface area contributed by atoms with Gasteiger partial charge in [0.25, 0.3) is 0 Å². The molecule has 0 saturated heterocycles. The Morgan fingerprint density at radius 2 is 1.87 bits per heavy atom. The van der Waals surface area contributed by atoms with E-state index in [0.29, 0.717) is 23.8 Å². The minimum atomic E-state index is 0. The number of ether oxygens (including phenoxy) is 3. The molecule has 6 nitrogen and oxygen atoms in total. The molecule has 0 aromatic heterocycles. The van der Waals surface area contributed by atoms with Gasteiger partial charge in [-0.1, -0.05) is 0 Å². The maximum Gasteiger partial charge on any atom is 0.223 e. The van der Waals surface area contributed by atoms with Gasteiger partial charge in [0.2, 0.25) is 11.7 Å². The number of carbonyl (C=O) groups is 1. The lowest BCUT2D eigenvalue weighted by Crippen LogP contribution is -2.30. The lowest BCUT2D eigenvalue weighted by molar-refractivity contribution is -0.125. The highest BCUT2D eigenvalue weighted by Crippen LogP contribution is 2.39. The zero-order chi connectivity index (χ0) is 16.1. The van der Waals surface area contributed by atoms with E-state index < -0.39 is 0 Å². The molecule has 7 heteroatoms. The maximum absolute atomic E-state index is 12.2. The second kappa shape index (κ2) is 8.84. The number of carbonyl (C=O) groups excluding carboxylic acids is 1. The van der Waals surface area contributed by atoms with Gasteiger partial charge in [-0.3, -0.25) is 4.79 Å². The summed E-state index contributed by atoms with van der Waals surface area (Å²) in [5, 5.41) is 2.95. The van der Waals surface area contributed by atoms with Gasteiger partial charge < -0.3 is 25.3 Å². The third kappa shape index (κ3) is 4.42. The molecule has 0 heterocycles. The van der Waals surface area contributed by atoms with E-state index >= 15 is 0 Å². The van der Waals surface area contributed by atoms with Crippen molar-refractivity contribution in [3.8, 4) is 17.2 Å². The summed E-state index contributed by atoms with van der Waals surface area (Å²) in [7, 11) is 4.70. The molecule has 3 N–H and O–H groups in total. The van der Waals surface area contributed by atoms with E-state index in [4.69, 9.17) is 19.9 Å². The molecule has 2 rings (SSSR count). The Morgan fingerprint density at radius 1 is 1.17 bits per heavy atom. The molecule has 2 unspecified atom stereocenters. The number of hydrogen-bond acceptors (Lipinski definition) is 5. The predicted octanol–water partition coefficient (Wildman–Crippen LogP) is 1.88. The molecule has 0 spiro atoms. The fourth-order valence-corrected chi connectivity index (χ4v) is 2.88. The normalized spacial score (nSPS) is 19.7. The van der Waals surface area contributed by atoms with Crippen LogP contribution >= 0.6 is 12.4 Å². The number of amides is 1. The summed E-state index contributed by atoms with van der Waals surface area (Å²) in [5.41, 5.74) is 6.70. The van der Waals surface area contributed by atoms with E-state index in [-0.39, 0.29) is 30.3 Å². The van der Waals surface area contributed by atoms with Crippen LogP contribution < -0.4 is 25.3 Å². The van der Waals surface area contributed by atoms with E-state index in [1.54, 1.807) is 27.4 Å². The van der Waals surface area contributed by atoms with Gasteiger partial charge in [0.15, 0.2) is 11.5 Å². The van der Waals surface area contributed by atoms with Crippen LogP contribution in [0.4, 0.5) is 0 Å². The van der Waals surface area contributed by atoms with Crippen LogP contribution in [0, 0.1) is 5.92 Å². The van der Waals surface area contributed by atoms with Crippen molar-refractivity contribution in [3.63, 3.8) is 0 Å². The summed E-state index contributed by atoms with van der Waals surface area (Å²) in [5.74, 6) is 1.76.